The molecule has 8 heteroatoms. The Morgan fingerprint density at radius 3 is 2.46 bits per heavy atom. The number of carbonyl (C=O) groups is 1. The van der Waals surface area contributed by atoms with Gasteiger partial charge in [0, 0.05) is 11.1 Å². The van der Waals surface area contributed by atoms with Crippen LogP contribution in [0.1, 0.15) is 53.7 Å². The van der Waals surface area contributed by atoms with Crippen molar-refractivity contribution in [1.82, 2.24) is 9.71 Å². The standard InChI is InChI=1S/C18H22N2O4S2/c1-3-24-16(21)14-6-8-15(9-7-14)26(22,23)20-18(10-4-5-11-18)17-19-13(2)12-25-17/h6-9,12,20H,3-5,10-11H2,1-2H3. The maximum atomic E-state index is 12.9. The fourth-order valence-electron chi connectivity index (χ4n) is 3.21. The Kier molecular flexibility index (Phi) is 5.45. The number of aryl methyl sites for hydroxylation is 1. The number of thiazole rings is 1. The summed E-state index contributed by atoms with van der Waals surface area (Å²) in [4.78, 5) is 16.4. The molecule has 0 atom stereocenters. The van der Waals surface area contributed by atoms with Crippen molar-refractivity contribution in [2.24, 2.45) is 0 Å². The van der Waals surface area contributed by atoms with Gasteiger partial charge in [-0.3, -0.25) is 0 Å². The highest BCUT2D eigenvalue weighted by Gasteiger charge is 2.41. The number of esters is 1. The van der Waals surface area contributed by atoms with E-state index < -0.39 is 21.5 Å². The van der Waals surface area contributed by atoms with Crippen LogP contribution in [0.15, 0.2) is 34.5 Å². The molecule has 140 valence electrons. The Balaban J connectivity index is 1.86. The van der Waals surface area contributed by atoms with Crippen LogP contribution >= 0.6 is 11.3 Å². The molecule has 1 fully saturated rings. The average Bonchev–Trinajstić information content (AvgIpc) is 3.25. The molecule has 1 heterocycles. The number of benzene rings is 1. The van der Waals surface area contributed by atoms with Gasteiger partial charge in [0.2, 0.25) is 10.0 Å². The highest BCUT2D eigenvalue weighted by molar-refractivity contribution is 7.89. The first kappa shape index (κ1) is 19.0. The summed E-state index contributed by atoms with van der Waals surface area (Å²) in [5.74, 6) is -0.463. The van der Waals surface area contributed by atoms with Crippen molar-refractivity contribution in [2.75, 3.05) is 6.61 Å². The van der Waals surface area contributed by atoms with Crippen LogP contribution in [0.4, 0.5) is 0 Å². The number of nitrogens with zero attached hydrogens (tertiary/aromatic N) is 1. The predicted octanol–water partition coefficient (Wildman–Crippen LogP) is 3.38. The number of carbonyl (C=O) groups excluding carboxylic acids is 1. The Morgan fingerprint density at radius 2 is 1.92 bits per heavy atom. The molecular weight excluding hydrogens is 372 g/mol. The van der Waals surface area contributed by atoms with E-state index in [9.17, 15) is 13.2 Å². The molecule has 0 amide bonds. The maximum absolute atomic E-state index is 12.9. The summed E-state index contributed by atoms with van der Waals surface area (Å²) in [6, 6.07) is 5.82. The van der Waals surface area contributed by atoms with Crippen molar-refractivity contribution in [1.29, 1.82) is 0 Å². The molecule has 1 aromatic heterocycles. The Hall–Kier alpha value is -1.77. The quantitative estimate of drug-likeness (QED) is 0.759. The van der Waals surface area contributed by atoms with E-state index in [1.165, 1.54) is 35.6 Å². The molecule has 0 unspecified atom stereocenters. The highest BCUT2D eigenvalue weighted by Crippen LogP contribution is 2.41. The summed E-state index contributed by atoms with van der Waals surface area (Å²) in [7, 11) is -3.73. The van der Waals surface area contributed by atoms with Crippen LogP contribution in [0.25, 0.3) is 0 Å². The third kappa shape index (κ3) is 3.82. The second kappa shape index (κ2) is 7.46. The van der Waals surface area contributed by atoms with Gasteiger partial charge in [0.1, 0.15) is 5.01 Å². The number of hydrogen-bond acceptors (Lipinski definition) is 6. The average molecular weight is 395 g/mol. The molecule has 1 aromatic carbocycles. The van der Waals surface area contributed by atoms with E-state index in [1.54, 1.807) is 6.92 Å². The van der Waals surface area contributed by atoms with E-state index in [1.807, 2.05) is 12.3 Å². The number of sulfonamides is 1. The minimum absolute atomic E-state index is 0.130. The Morgan fingerprint density at radius 1 is 1.27 bits per heavy atom. The van der Waals surface area contributed by atoms with Crippen molar-refractivity contribution in [2.45, 2.75) is 50.0 Å². The highest BCUT2D eigenvalue weighted by atomic mass is 32.2. The molecule has 3 rings (SSSR count). The van der Waals surface area contributed by atoms with Crippen LogP contribution in [-0.4, -0.2) is 26.0 Å². The molecule has 6 nitrogen and oxygen atoms in total. The molecular formula is C18H22N2O4S2. The van der Waals surface area contributed by atoms with Gasteiger partial charge < -0.3 is 4.74 Å². The molecule has 1 aliphatic carbocycles. The lowest BCUT2D eigenvalue weighted by molar-refractivity contribution is 0.0526. The number of hydrogen-bond donors (Lipinski definition) is 1. The fraction of sp³-hybridized carbons (Fsp3) is 0.444. The monoisotopic (exact) mass is 394 g/mol. The first-order valence-corrected chi connectivity index (χ1v) is 11.0. The van der Waals surface area contributed by atoms with Crippen LogP contribution in [0.5, 0.6) is 0 Å². The normalized spacial score (nSPS) is 16.5. The van der Waals surface area contributed by atoms with Gasteiger partial charge in [0.25, 0.3) is 0 Å². The molecule has 0 bridgehead atoms. The van der Waals surface area contributed by atoms with Crippen molar-refractivity contribution >= 4 is 27.3 Å². The summed E-state index contributed by atoms with van der Waals surface area (Å²) in [5.41, 5.74) is 0.587. The van der Waals surface area contributed by atoms with Gasteiger partial charge in [-0.1, -0.05) is 12.8 Å². The third-order valence-electron chi connectivity index (χ3n) is 4.49. The van der Waals surface area contributed by atoms with E-state index in [4.69, 9.17) is 4.74 Å². The van der Waals surface area contributed by atoms with E-state index in [0.29, 0.717) is 5.56 Å². The van der Waals surface area contributed by atoms with Crippen molar-refractivity contribution < 1.29 is 17.9 Å². The van der Waals surface area contributed by atoms with Crippen LogP contribution in [0, 0.1) is 6.92 Å². The van der Waals surface area contributed by atoms with Crippen molar-refractivity contribution in [3.05, 3.63) is 45.9 Å². The van der Waals surface area contributed by atoms with Crippen LogP contribution < -0.4 is 4.72 Å². The molecule has 1 aliphatic rings. The number of ether oxygens (including phenoxy) is 1. The van der Waals surface area contributed by atoms with Crippen LogP contribution in [-0.2, 0) is 20.3 Å². The first-order chi connectivity index (χ1) is 12.4. The lowest BCUT2D eigenvalue weighted by atomic mass is 10.0. The molecule has 2 aromatic rings. The zero-order valence-corrected chi connectivity index (χ0v) is 16.5. The minimum Gasteiger partial charge on any atom is -0.462 e. The van der Waals surface area contributed by atoms with E-state index in [-0.39, 0.29) is 11.5 Å². The van der Waals surface area contributed by atoms with Gasteiger partial charge in [-0.25, -0.2) is 18.2 Å². The number of nitrogens with one attached hydrogen (secondary N) is 1. The molecule has 26 heavy (non-hydrogen) atoms. The molecule has 0 aliphatic heterocycles. The van der Waals surface area contributed by atoms with Crippen LogP contribution in [0.2, 0.25) is 0 Å². The van der Waals surface area contributed by atoms with Gasteiger partial charge in [-0.05, 0) is 51.0 Å². The molecule has 1 saturated carbocycles. The summed E-state index contributed by atoms with van der Waals surface area (Å²) in [6.45, 7) is 3.91. The zero-order valence-electron chi connectivity index (χ0n) is 14.8. The molecule has 0 radical (unpaired) electrons. The van der Waals surface area contributed by atoms with Gasteiger partial charge >= 0.3 is 5.97 Å². The van der Waals surface area contributed by atoms with Gasteiger partial charge in [-0.15, -0.1) is 11.3 Å². The maximum Gasteiger partial charge on any atom is 0.338 e. The summed E-state index contributed by atoms with van der Waals surface area (Å²) >= 11 is 1.49. The van der Waals surface area contributed by atoms with E-state index >= 15 is 0 Å². The largest absolute Gasteiger partial charge is 0.462 e. The summed E-state index contributed by atoms with van der Waals surface area (Å²) in [5, 5.41) is 2.76. The van der Waals surface area contributed by atoms with Crippen LogP contribution in [0.3, 0.4) is 0 Å². The lowest BCUT2D eigenvalue weighted by Gasteiger charge is -2.27. The number of aromatic nitrogens is 1. The smallest absolute Gasteiger partial charge is 0.338 e. The molecule has 0 saturated heterocycles. The van der Waals surface area contributed by atoms with E-state index in [2.05, 4.69) is 9.71 Å². The fourth-order valence-corrected chi connectivity index (χ4v) is 5.72. The van der Waals surface area contributed by atoms with E-state index in [0.717, 1.165) is 36.4 Å². The SMILES string of the molecule is CCOC(=O)c1ccc(S(=O)(=O)NC2(c3nc(C)cs3)CCCC2)cc1. The molecule has 1 N–H and O–H groups in total. The summed E-state index contributed by atoms with van der Waals surface area (Å²) in [6.07, 6.45) is 3.39. The molecule has 0 spiro atoms. The second-order valence-electron chi connectivity index (χ2n) is 6.43. The first-order valence-electron chi connectivity index (χ1n) is 8.60. The van der Waals surface area contributed by atoms with Crippen molar-refractivity contribution in [3.8, 4) is 0 Å². The Bertz CT molecular complexity index is 882. The van der Waals surface area contributed by atoms with Gasteiger partial charge in [0.15, 0.2) is 0 Å². The third-order valence-corrected chi connectivity index (χ3v) is 7.21. The lowest BCUT2D eigenvalue weighted by Crippen LogP contribution is -2.43. The topological polar surface area (TPSA) is 85.4 Å². The zero-order chi connectivity index (χ0) is 18.8. The van der Waals surface area contributed by atoms with Crippen molar-refractivity contribution in [3.63, 3.8) is 0 Å². The van der Waals surface area contributed by atoms with Gasteiger partial charge in [0.05, 0.1) is 22.6 Å². The van der Waals surface area contributed by atoms with Gasteiger partial charge in [-0.2, -0.15) is 4.72 Å². The summed E-state index contributed by atoms with van der Waals surface area (Å²) < 4.78 is 33.7. The number of rotatable bonds is 6. The predicted molar refractivity (Wildman–Crippen MR) is 99.7 cm³/mol. The minimum atomic E-state index is -3.73. The second-order valence-corrected chi connectivity index (χ2v) is 8.97. The Labute approximate surface area is 157 Å².